The first-order valence-corrected chi connectivity index (χ1v) is 2.77. The van der Waals surface area contributed by atoms with E-state index in [0.29, 0.717) is 0 Å². The molecule has 1 aromatic rings. The largest absolute Gasteiger partial charge is 0.595 e. The van der Waals surface area contributed by atoms with Crippen LogP contribution >= 0.6 is 8.00 Å². The van der Waals surface area contributed by atoms with Crippen molar-refractivity contribution in [2.24, 2.45) is 0 Å². The van der Waals surface area contributed by atoms with Gasteiger partial charge in [0.25, 0.3) is 8.00 Å². The molecule has 0 aliphatic rings. The Balaban J connectivity index is 3.05. The minimum atomic E-state index is -1.45. The predicted octanol–water partition coefficient (Wildman–Crippen LogP) is 0.671. The van der Waals surface area contributed by atoms with Gasteiger partial charge >= 0.3 is 0 Å². The molecule has 0 radical (unpaired) electrons. The van der Waals surface area contributed by atoms with E-state index in [4.69, 9.17) is 0 Å². The third-order valence-electron chi connectivity index (χ3n) is 0.451. The van der Waals surface area contributed by atoms with Crippen LogP contribution in [0.3, 0.4) is 0 Å². The smallest absolute Gasteiger partial charge is 0.276 e. The van der Waals surface area contributed by atoms with E-state index in [1.807, 2.05) is 0 Å². The number of hydrogen-bond donors (Lipinski definition) is 0. The van der Waals surface area contributed by atoms with Crippen LogP contribution in [0.15, 0.2) is 22.3 Å². The van der Waals surface area contributed by atoms with Crippen LogP contribution < -0.4 is 4.89 Å². The van der Waals surface area contributed by atoms with E-state index in [-0.39, 0.29) is 0 Å². The molecule has 1 unspecified atom stereocenters. The van der Waals surface area contributed by atoms with Crippen molar-refractivity contribution in [3.63, 3.8) is 0 Å². The summed E-state index contributed by atoms with van der Waals surface area (Å²) in [7, 11) is -1.45. The Hall–Kier alpha value is -0.330. The molecule has 6 heavy (non-hydrogen) atoms. The zero-order chi connectivity index (χ0) is 4.41. The molecule has 0 N–H and O–H groups in total. The average Bonchev–Trinajstić information content (AvgIpc) is 1.86. The zero-order valence-electron chi connectivity index (χ0n) is 3.00. The van der Waals surface area contributed by atoms with E-state index in [9.17, 15) is 4.89 Å². The molecule has 0 bridgehead atoms. The van der Waals surface area contributed by atoms with E-state index in [1.54, 1.807) is 6.07 Å². The molecule has 3 heteroatoms. The van der Waals surface area contributed by atoms with Gasteiger partial charge < -0.3 is 9.09 Å². The van der Waals surface area contributed by atoms with Crippen molar-refractivity contribution >= 4 is 8.00 Å². The van der Waals surface area contributed by atoms with Gasteiger partial charge in [0.15, 0.2) is 12.1 Å². The second kappa shape index (κ2) is 1.41. The van der Waals surface area contributed by atoms with Gasteiger partial charge in [0, 0.05) is 6.07 Å². The Bertz CT molecular complexity index is 112. The Labute approximate surface area is 36.3 Å². The Morgan fingerprint density at radius 2 is 2.50 bits per heavy atom. The number of rotatable bonds is 0. The molecule has 1 rings (SSSR count). The summed E-state index contributed by atoms with van der Waals surface area (Å²) in [6.45, 7) is 0. The maximum Gasteiger partial charge on any atom is 0.276 e. The molecule has 0 aromatic carbocycles. The minimum Gasteiger partial charge on any atom is -0.595 e. The van der Waals surface area contributed by atoms with Crippen LogP contribution in [0.4, 0.5) is 0 Å². The van der Waals surface area contributed by atoms with Crippen molar-refractivity contribution in [1.82, 2.24) is 0 Å². The molecule has 32 valence electrons. The van der Waals surface area contributed by atoms with E-state index < -0.39 is 8.00 Å². The molecule has 0 fully saturated rings. The fraction of sp³-hybridized carbons (Fsp3) is 0. The molecule has 0 aliphatic carbocycles. The van der Waals surface area contributed by atoms with Crippen LogP contribution in [0.1, 0.15) is 0 Å². The molecule has 0 amide bonds. The monoisotopic (exact) mass is 102 g/mol. The van der Waals surface area contributed by atoms with Gasteiger partial charge in [-0.1, -0.05) is 0 Å². The summed E-state index contributed by atoms with van der Waals surface area (Å²) in [6, 6.07) is 1.62. The van der Waals surface area contributed by atoms with Crippen LogP contribution in [0.5, 0.6) is 0 Å². The van der Waals surface area contributed by atoms with Crippen molar-refractivity contribution in [3.05, 3.63) is 18.1 Å². The molecule has 2 nitrogen and oxygen atoms in total. The highest BCUT2D eigenvalue weighted by Gasteiger charge is 1.84. The van der Waals surface area contributed by atoms with Gasteiger partial charge in [-0.05, 0) is 0 Å². The second-order valence-electron chi connectivity index (χ2n) is 0.868. The van der Waals surface area contributed by atoms with E-state index in [1.165, 1.54) is 12.1 Å². The van der Waals surface area contributed by atoms with Gasteiger partial charge in [0.2, 0.25) is 0 Å². The van der Waals surface area contributed by atoms with Crippen molar-refractivity contribution in [2.75, 3.05) is 0 Å². The molecule has 0 aliphatic heterocycles. The summed E-state index contributed by atoms with van der Waals surface area (Å²) >= 11 is 0. The molecule has 0 saturated heterocycles. The highest BCUT2D eigenvalue weighted by molar-refractivity contribution is 7.34. The van der Waals surface area contributed by atoms with Gasteiger partial charge in [-0.25, -0.2) is 0 Å². The predicted molar refractivity (Wildman–Crippen MR) is 21.2 cm³/mol. The summed E-state index contributed by atoms with van der Waals surface area (Å²) in [4.78, 5) is 10.1. The topological polar surface area (TPSA) is 36.2 Å². The van der Waals surface area contributed by atoms with Crippen molar-refractivity contribution < 1.29 is 9.09 Å². The van der Waals surface area contributed by atoms with Crippen molar-refractivity contribution in [2.45, 2.75) is 0 Å². The highest BCUT2D eigenvalue weighted by Crippen LogP contribution is 2.13. The van der Waals surface area contributed by atoms with E-state index in [0.717, 1.165) is 0 Å². The first-order chi connectivity index (χ1) is 2.89. The van der Waals surface area contributed by atoms with Crippen LogP contribution in [0.2, 0.25) is 0 Å². The Morgan fingerprint density at radius 3 is 2.67 bits per heavy atom. The van der Waals surface area contributed by atoms with Gasteiger partial charge in [-0.15, -0.1) is 0 Å². The molecular formula is C3H3O2P. The van der Waals surface area contributed by atoms with Crippen LogP contribution in [0.25, 0.3) is 0 Å². The second-order valence-corrected chi connectivity index (χ2v) is 1.95. The molecule has 1 heterocycles. The maximum atomic E-state index is 10.1. The summed E-state index contributed by atoms with van der Waals surface area (Å²) in [5, 5.41) is 0. The molecule has 1 atom stereocenters. The van der Waals surface area contributed by atoms with Crippen LogP contribution in [-0.4, -0.2) is 0 Å². The molecule has 1 aromatic heterocycles. The van der Waals surface area contributed by atoms with Crippen LogP contribution in [0, 0.1) is 0 Å². The average molecular weight is 102 g/mol. The van der Waals surface area contributed by atoms with Gasteiger partial charge in [0.05, 0.1) is 0 Å². The minimum absolute atomic E-state index is 1.42. The third kappa shape index (κ3) is 0.588. The molecular weight excluding hydrogens is 99.0 g/mol. The van der Waals surface area contributed by atoms with Crippen molar-refractivity contribution in [1.29, 1.82) is 0 Å². The lowest BCUT2D eigenvalue weighted by molar-refractivity contribution is -0.160. The van der Waals surface area contributed by atoms with Gasteiger partial charge in [-0.2, -0.15) is 0 Å². The molecule has 0 saturated carbocycles. The number of hydrogen-bond acceptors (Lipinski definition) is 2. The normalized spacial score (nSPS) is 11.8. The first-order valence-electron chi connectivity index (χ1n) is 1.53. The van der Waals surface area contributed by atoms with Crippen molar-refractivity contribution in [3.8, 4) is 0 Å². The Kier molecular flexibility index (Phi) is 0.906. The fourth-order valence-electron chi connectivity index (χ4n) is 0.236. The third-order valence-corrected chi connectivity index (χ3v) is 1.20. The zero-order valence-corrected chi connectivity index (χ0v) is 3.89. The van der Waals surface area contributed by atoms with Crippen LogP contribution in [-0.2, 0) is 0 Å². The lowest BCUT2D eigenvalue weighted by Crippen LogP contribution is -1.74. The quantitative estimate of drug-likeness (QED) is 0.482. The first kappa shape index (κ1) is 3.85. The lowest BCUT2D eigenvalue weighted by atomic mass is 10.8. The van der Waals surface area contributed by atoms with Gasteiger partial charge in [-0.3, -0.25) is 0 Å². The van der Waals surface area contributed by atoms with Gasteiger partial charge in [0.1, 0.15) is 0 Å². The molecule has 0 spiro atoms. The Morgan fingerprint density at radius 1 is 1.67 bits per heavy atom. The highest BCUT2D eigenvalue weighted by atomic mass is 31.1. The standard InChI is InChI=1S/C3H3O2P/c4-6-3-1-2-5-6/h1-3H. The summed E-state index contributed by atoms with van der Waals surface area (Å²) < 4.78 is 4.43. The summed E-state index contributed by atoms with van der Waals surface area (Å²) in [5.74, 6) is 1.51. The SMILES string of the molecule is [O-][p+]1ccco1. The summed E-state index contributed by atoms with van der Waals surface area (Å²) in [6.07, 6.45) is 1.42. The summed E-state index contributed by atoms with van der Waals surface area (Å²) in [5.41, 5.74) is 0. The van der Waals surface area contributed by atoms with E-state index >= 15 is 0 Å². The maximum absolute atomic E-state index is 10.1. The van der Waals surface area contributed by atoms with E-state index in [2.05, 4.69) is 4.20 Å². The lowest BCUT2D eigenvalue weighted by Gasteiger charge is -1.68. The fourth-order valence-corrected chi connectivity index (χ4v) is 0.707.